The highest BCUT2D eigenvalue weighted by atomic mass is 32.2. The maximum Gasteiger partial charge on any atom is 0.416 e. The first kappa shape index (κ1) is 23.8. The number of halogens is 3. The fraction of sp³-hybridized carbons (Fsp3) is 0.304. The molecule has 1 aromatic heterocycles. The van der Waals surface area contributed by atoms with Crippen molar-refractivity contribution in [3.63, 3.8) is 0 Å². The maximum absolute atomic E-state index is 13.7. The first-order valence-electron chi connectivity index (χ1n) is 10.5. The molecule has 3 aromatic rings. The Balaban J connectivity index is 1.84. The molecule has 0 saturated carbocycles. The summed E-state index contributed by atoms with van der Waals surface area (Å²) in [5.41, 5.74) is 0.666. The smallest absolute Gasteiger partial charge is 0.416 e. The third-order valence-corrected chi connectivity index (χ3v) is 7.61. The van der Waals surface area contributed by atoms with Gasteiger partial charge in [-0.1, -0.05) is 0 Å². The minimum absolute atomic E-state index is 0.0462. The van der Waals surface area contributed by atoms with Gasteiger partial charge < -0.3 is 10.0 Å². The van der Waals surface area contributed by atoms with Crippen LogP contribution in [0.25, 0.3) is 10.9 Å². The highest BCUT2D eigenvalue weighted by Crippen LogP contribution is 2.35. The van der Waals surface area contributed by atoms with Crippen LogP contribution in [0.1, 0.15) is 36.6 Å². The molecular formula is C23H21F3N2O5S. The fourth-order valence-corrected chi connectivity index (χ4v) is 5.89. The van der Waals surface area contributed by atoms with E-state index in [4.69, 9.17) is 5.11 Å². The number of alkyl halides is 3. The van der Waals surface area contributed by atoms with Gasteiger partial charge in [-0.25, -0.2) is 12.4 Å². The third-order valence-electron chi connectivity index (χ3n) is 5.85. The summed E-state index contributed by atoms with van der Waals surface area (Å²) < 4.78 is 68.0. The van der Waals surface area contributed by atoms with Crippen molar-refractivity contribution in [1.29, 1.82) is 0 Å². The Morgan fingerprint density at radius 1 is 1.09 bits per heavy atom. The molecule has 1 aliphatic rings. The Kier molecular flexibility index (Phi) is 5.92. The van der Waals surface area contributed by atoms with Crippen molar-refractivity contribution in [2.24, 2.45) is 0 Å². The van der Waals surface area contributed by atoms with Gasteiger partial charge >= 0.3 is 12.1 Å². The summed E-state index contributed by atoms with van der Waals surface area (Å²) in [6, 6.07) is 8.57. The summed E-state index contributed by atoms with van der Waals surface area (Å²) in [6.45, 7) is 1.85. The Labute approximate surface area is 193 Å². The molecule has 0 spiro atoms. The molecular weight excluding hydrogens is 473 g/mol. The van der Waals surface area contributed by atoms with Crippen LogP contribution in [0.5, 0.6) is 0 Å². The molecule has 0 unspecified atom stereocenters. The standard InChI is InChI=1S/C23H21F3N2O5S/c1-14(29)27-10-9-15-13-19(6-8-20(15)27)34(32,33)28-18(3-2-4-22(30)31)12-16-11-17(23(24,25)26)5-7-21(16)28/h5-8,11-13H,2-4,9-10H2,1H3,(H,30,31). The van der Waals surface area contributed by atoms with Crippen molar-refractivity contribution in [1.82, 2.24) is 3.97 Å². The molecule has 2 heterocycles. The number of aryl methyl sites for hydroxylation is 1. The predicted octanol–water partition coefficient (Wildman–Crippen LogP) is 4.21. The second kappa shape index (κ2) is 8.46. The van der Waals surface area contributed by atoms with E-state index in [1.54, 1.807) is 11.0 Å². The quantitative estimate of drug-likeness (QED) is 0.554. The summed E-state index contributed by atoms with van der Waals surface area (Å²) in [7, 11) is -4.23. The molecule has 0 saturated heterocycles. The summed E-state index contributed by atoms with van der Waals surface area (Å²) >= 11 is 0. The van der Waals surface area contributed by atoms with Crippen molar-refractivity contribution in [3.8, 4) is 0 Å². The van der Waals surface area contributed by atoms with Gasteiger partial charge in [0.2, 0.25) is 5.91 Å². The van der Waals surface area contributed by atoms with Crippen molar-refractivity contribution in [2.75, 3.05) is 11.4 Å². The molecule has 1 N–H and O–H groups in total. The number of hydrogen-bond acceptors (Lipinski definition) is 4. The maximum atomic E-state index is 13.7. The van der Waals surface area contributed by atoms with E-state index in [-0.39, 0.29) is 46.7 Å². The lowest BCUT2D eigenvalue weighted by Crippen LogP contribution is -2.25. The normalized spacial score (nSPS) is 13.9. The molecule has 4 rings (SSSR count). The Bertz CT molecular complexity index is 1410. The molecule has 1 amide bonds. The van der Waals surface area contributed by atoms with Gasteiger partial charge in [-0.05, 0) is 67.3 Å². The van der Waals surface area contributed by atoms with E-state index in [0.717, 1.165) is 22.2 Å². The lowest BCUT2D eigenvalue weighted by Gasteiger charge is -2.16. The van der Waals surface area contributed by atoms with E-state index in [0.29, 0.717) is 24.2 Å². The lowest BCUT2D eigenvalue weighted by atomic mass is 10.1. The monoisotopic (exact) mass is 494 g/mol. The summed E-state index contributed by atoms with van der Waals surface area (Å²) in [6.07, 6.45) is -4.17. The van der Waals surface area contributed by atoms with Crippen LogP contribution in [0.4, 0.5) is 18.9 Å². The Morgan fingerprint density at radius 3 is 2.47 bits per heavy atom. The van der Waals surface area contributed by atoms with Crippen LogP contribution in [-0.4, -0.2) is 35.9 Å². The molecule has 0 radical (unpaired) electrons. The van der Waals surface area contributed by atoms with Crippen LogP contribution in [0.15, 0.2) is 47.4 Å². The van der Waals surface area contributed by atoms with Crippen LogP contribution in [0.3, 0.4) is 0 Å². The van der Waals surface area contributed by atoms with E-state index in [1.807, 2.05) is 0 Å². The zero-order valence-corrected chi connectivity index (χ0v) is 18.9. The fourth-order valence-electron chi connectivity index (χ4n) is 4.27. The minimum Gasteiger partial charge on any atom is -0.481 e. The number of carboxylic acids is 1. The third kappa shape index (κ3) is 4.27. The molecule has 0 atom stereocenters. The van der Waals surface area contributed by atoms with Gasteiger partial charge in [-0.15, -0.1) is 0 Å². The number of rotatable bonds is 6. The number of carboxylic acid groups (broad SMARTS) is 1. The van der Waals surface area contributed by atoms with E-state index in [9.17, 15) is 31.2 Å². The number of hydrogen-bond donors (Lipinski definition) is 1. The summed E-state index contributed by atoms with van der Waals surface area (Å²) in [4.78, 5) is 24.2. The largest absolute Gasteiger partial charge is 0.481 e. The highest BCUT2D eigenvalue weighted by molar-refractivity contribution is 7.90. The van der Waals surface area contributed by atoms with Crippen molar-refractivity contribution in [2.45, 2.75) is 43.7 Å². The topological polar surface area (TPSA) is 96.7 Å². The number of fused-ring (bicyclic) bond motifs is 2. The first-order valence-corrected chi connectivity index (χ1v) is 11.9. The van der Waals surface area contributed by atoms with Crippen molar-refractivity contribution < 1.29 is 36.3 Å². The SMILES string of the molecule is CC(=O)N1CCc2cc(S(=O)(=O)n3c(CCCC(=O)O)cc4cc(C(F)(F)F)ccc43)ccc21. The molecule has 180 valence electrons. The second-order valence-corrected chi connectivity index (χ2v) is 9.92. The first-order chi connectivity index (χ1) is 15.9. The number of nitrogens with zero attached hydrogens (tertiary/aromatic N) is 2. The van der Waals surface area contributed by atoms with Crippen LogP contribution < -0.4 is 4.90 Å². The van der Waals surface area contributed by atoms with E-state index >= 15 is 0 Å². The number of benzene rings is 2. The van der Waals surface area contributed by atoms with Crippen molar-refractivity contribution >= 4 is 38.5 Å². The van der Waals surface area contributed by atoms with Crippen LogP contribution in [-0.2, 0) is 38.6 Å². The van der Waals surface area contributed by atoms with E-state index in [1.165, 1.54) is 25.1 Å². The number of anilines is 1. The summed E-state index contributed by atoms with van der Waals surface area (Å²) in [5, 5.41) is 9.03. The average Bonchev–Trinajstić information content (AvgIpc) is 3.33. The second-order valence-electron chi connectivity index (χ2n) is 8.13. The summed E-state index contributed by atoms with van der Waals surface area (Å²) in [5.74, 6) is -1.22. The Hall–Kier alpha value is -3.34. The molecule has 7 nitrogen and oxygen atoms in total. The number of aromatic nitrogens is 1. The molecule has 0 fully saturated rings. The number of carbonyl (C=O) groups is 2. The molecule has 34 heavy (non-hydrogen) atoms. The van der Waals surface area contributed by atoms with Gasteiger partial charge in [0, 0.05) is 36.7 Å². The van der Waals surface area contributed by atoms with Crippen molar-refractivity contribution in [3.05, 3.63) is 59.3 Å². The van der Waals surface area contributed by atoms with Gasteiger partial charge in [-0.3, -0.25) is 9.59 Å². The van der Waals surface area contributed by atoms with Crippen LogP contribution in [0.2, 0.25) is 0 Å². The zero-order chi connectivity index (χ0) is 24.8. The molecule has 11 heteroatoms. The van der Waals surface area contributed by atoms with Gasteiger partial charge in [0.1, 0.15) is 0 Å². The van der Waals surface area contributed by atoms with Gasteiger partial charge in [0.05, 0.1) is 16.0 Å². The highest BCUT2D eigenvalue weighted by Gasteiger charge is 2.32. The average molecular weight is 494 g/mol. The van der Waals surface area contributed by atoms with E-state index in [2.05, 4.69) is 0 Å². The van der Waals surface area contributed by atoms with Crippen LogP contribution in [0, 0.1) is 0 Å². The molecule has 0 bridgehead atoms. The molecule has 2 aromatic carbocycles. The molecule has 1 aliphatic heterocycles. The minimum atomic E-state index is -4.60. The van der Waals surface area contributed by atoms with Gasteiger partial charge in [0.25, 0.3) is 10.0 Å². The predicted molar refractivity (Wildman–Crippen MR) is 118 cm³/mol. The van der Waals surface area contributed by atoms with E-state index < -0.39 is 27.7 Å². The van der Waals surface area contributed by atoms with Gasteiger partial charge in [0.15, 0.2) is 0 Å². The van der Waals surface area contributed by atoms with Gasteiger partial charge in [-0.2, -0.15) is 13.2 Å². The Morgan fingerprint density at radius 2 is 1.82 bits per heavy atom. The zero-order valence-electron chi connectivity index (χ0n) is 18.1. The number of carbonyl (C=O) groups excluding carboxylic acids is 1. The number of amides is 1. The molecule has 0 aliphatic carbocycles. The lowest BCUT2D eigenvalue weighted by molar-refractivity contribution is -0.138. The van der Waals surface area contributed by atoms with Crippen LogP contribution >= 0.6 is 0 Å². The number of aliphatic carboxylic acids is 1.